The molecule has 0 fully saturated rings. The van der Waals surface area contributed by atoms with Crippen molar-refractivity contribution in [1.82, 2.24) is 9.55 Å². The van der Waals surface area contributed by atoms with Crippen LogP contribution in [0.4, 0.5) is 5.95 Å². The van der Waals surface area contributed by atoms with Gasteiger partial charge in [0.05, 0.1) is 11.0 Å². The number of nitrogens with two attached hydrogens (primary N) is 1. The van der Waals surface area contributed by atoms with Gasteiger partial charge in [0.1, 0.15) is 0 Å². The third-order valence-corrected chi connectivity index (χ3v) is 3.72. The molecular formula is C12H16IN3. The summed E-state index contributed by atoms with van der Waals surface area (Å²) in [7, 11) is 0. The molecular weight excluding hydrogens is 313 g/mol. The molecule has 0 saturated heterocycles. The normalized spacial score (nSPS) is 13.6. The second-order valence-corrected chi connectivity index (χ2v) is 5.70. The molecule has 2 aromatic rings. The number of imidazole rings is 1. The Kier molecular flexibility index (Phi) is 3.10. The van der Waals surface area contributed by atoms with Crippen LogP contribution in [0.15, 0.2) is 18.2 Å². The zero-order valence-electron chi connectivity index (χ0n) is 9.74. The maximum Gasteiger partial charge on any atom is 0.201 e. The van der Waals surface area contributed by atoms with Gasteiger partial charge in [0, 0.05) is 9.61 Å². The Morgan fingerprint density at radius 2 is 2.00 bits per heavy atom. The van der Waals surface area contributed by atoms with Crippen LogP contribution in [0, 0.1) is 9.49 Å². The monoisotopic (exact) mass is 329 g/mol. The van der Waals surface area contributed by atoms with E-state index in [-0.39, 0.29) is 0 Å². The van der Waals surface area contributed by atoms with Gasteiger partial charge in [0.2, 0.25) is 5.95 Å². The van der Waals surface area contributed by atoms with Crippen LogP contribution in [0.3, 0.4) is 0 Å². The molecule has 0 aliphatic heterocycles. The number of halogens is 1. The number of nitrogens with zero attached hydrogens (tertiary/aromatic N) is 2. The van der Waals surface area contributed by atoms with E-state index in [4.69, 9.17) is 5.73 Å². The molecule has 0 aliphatic carbocycles. The van der Waals surface area contributed by atoms with Crippen molar-refractivity contribution >= 4 is 39.6 Å². The number of hydrogen-bond donors (Lipinski definition) is 1. The highest BCUT2D eigenvalue weighted by atomic mass is 127. The Morgan fingerprint density at radius 1 is 1.31 bits per heavy atom. The molecule has 0 aliphatic rings. The number of benzene rings is 1. The molecule has 3 nitrogen and oxygen atoms in total. The highest BCUT2D eigenvalue weighted by Gasteiger charge is 2.16. The summed E-state index contributed by atoms with van der Waals surface area (Å²) < 4.78 is 3.31. The van der Waals surface area contributed by atoms with Gasteiger partial charge in [-0.05, 0) is 53.6 Å². The fraction of sp³-hybridized carbons (Fsp3) is 0.417. The minimum atomic E-state index is 0.366. The number of hydrogen-bond acceptors (Lipinski definition) is 2. The Morgan fingerprint density at radius 3 is 2.62 bits per heavy atom. The topological polar surface area (TPSA) is 43.8 Å². The molecule has 16 heavy (non-hydrogen) atoms. The van der Waals surface area contributed by atoms with Gasteiger partial charge in [-0.25, -0.2) is 4.98 Å². The van der Waals surface area contributed by atoms with Crippen molar-refractivity contribution in [3.05, 3.63) is 21.8 Å². The second-order valence-electron chi connectivity index (χ2n) is 4.46. The minimum absolute atomic E-state index is 0.366. The molecule has 0 radical (unpaired) electrons. The molecule has 0 amide bonds. The maximum absolute atomic E-state index is 5.99. The van der Waals surface area contributed by atoms with Gasteiger partial charge >= 0.3 is 0 Å². The maximum atomic E-state index is 5.99. The molecule has 1 heterocycles. The van der Waals surface area contributed by atoms with E-state index in [1.165, 1.54) is 3.57 Å². The Balaban J connectivity index is 2.65. The molecule has 1 aromatic carbocycles. The lowest BCUT2D eigenvalue weighted by molar-refractivity contribution is 0.421. The summed E-state index contributed by atoms with van der Waals surface area (Å²) in [4.78, 5) is 4.41. The first-order chi connectivity index (χ1) is 7.50. The van der Waals surface area contributed by atoms with Crippen molar-refractivity contribution in [1.29, 1.82) is 0 Å². The molecule has 4 heteroatoms. The van der Waals surface area contributed by atoms with Crippen molar-refractivity contribution in [3.8, 4) is 0 Å². The minimum Gasteiger partial charge on any atom is -0.369 e. The average Bonchev–Trinajstić information content (AvgIpc) is 2.51. The van der Waals surface area contributed by atoms with Crippen molar-refractivity contribution in [2.45, 2.75) is 26.8 Å². The van der Waals surface area contributed by atoms with Gasteiger partial charge in [-0.3, -0.25) is 0 Å². The number of nitrogen functional groups attached to an aromatic ring is 1. The predicted octanol–water partition coefficient (Wildman–Crippen LogP) is 3.44. The second kappa shape index (κ2) is 4.24. The van der Waals surface area contributed by atoms with E-state index in [0.29, 0.717) is 17.9 Å². The van der Waals surface area contributed by atoms with E-state index in [1.807, 2.05) is 0 Å². The van der Waals surface area contributed by atoms with Crippen molar-refractivity contribution in [2.75, 3.05) is 5.73 Å². The molecule has 0 bridgehead atoms. The molecule has 86 valence electrons. The zero-order chi connectivity index (χ0) is 11.9. The molecule has 1 atom stereocenters. The number of aromatic nitrogens is 2. The lowest BCUT2D eigenvalue weighted by Gasteiger charge is -2.19. The Labute approximate surface area is 109 Å². The van der Waals surface area contributed by atoms with Crippen LogP contribution in [0.25, 0.3) is 11.0 Å². The molecule has 0 spiro atoms. The highest BCUT2D eigenvalue weighted by Crippen LogP contribution is 2.27. The standard InChI is InChI=1S/C12H16IN3/c1-7(2)8(3)16-11-5-4-9(13)6-10(11)15-12(16)14/h4-8H,1-3H3,(H2,14,15). The number of anilines is 1. The van der Waals surface area contributed by atoms with Crippen LogP contribution >= 0.6 is 22.6 Å². The summed E-state index contributed by atoms with van der Waals surface area (Å²) in [5, 5.41) is 0. The predicted molar refractivity (Wildman–Crippen MR) is 76.4 cm³/mol. The van der Waals surface area contributed by atoms with Crippen LogP contribution in [-0.4, -0.2) is 9.55 Å². The lowest BCUT2D eigenvalue weighted by atomic mass is 10.1. The van der Waals surface area contributed by atoms with Crippen LogP contribution in [-0.2, 0) is 0 Å². The first-order valence-electron chi connectivity index (χ1n) is 5.43. The van der Waals surface area contributed by atoms with E-state index >= 15 is 0 Å². The molecule has 1 aromatic heterocycles. The van der Waals surface area contributed by atoms with Gasteiger partial charge in [0.15, 0.2) is 0 Å². The van der Waals surface area contributed by atoms with Gasteiger partial charge in [0.25, 0.3) is 0 Å². The van der Waals surface area contributed by atoms with Gasteiger partial charge in [-0.1, -0.05) is 13.8 Å². The summed E-state index contributed by atoms with van der Waals surface area (Å²) in [5.41, 5.74) is 8.10. The third-order valence-electron chi connectivity index (χ3n) is 3.05. The van der Waals surface area contributed by atoms with Gasteiger partial charge < -0.3 is 10.3 Å². The Bertz CT molecular complexity index is 516. The first kappa shape index (κ1) is 11.7. The summed E-state index contributed by atoms with van der Waals surface area (Å²) in [6.45, 7) is 6.57. The van der Waals surface area contributed by atoms with Crippen LogP contribution in [0.2, 0.25) is 0 Å². The van der Waals surface area contributed by atoms with Crippen LogP contribution < -0.4 is 5.73 Å². The van der Waals surface area contributed by atoms with Crippen LogP contribution in [0.1, 0.15) is 26.8 Å². The van der Waals surface area contributed by atoms with E-state index in [9.17, 15) is 0 Å². The fourth-order valence-electron chi connectivity index (χ4n) is 1.82. The van der Waals surface area contributed by atoms with Crippen LogP contribution in [0.5, 0.6) is 0 Å². The summed E-state index contributed by atoms with van der Waals surface area (Å²) in [6, 6.07) is 6.62. The van der Waals surface area contributed by atoms with E-state index in [0.717, 1.165) is 11.0 Å². The van der Waals surface area contributed by atoms with Crippen molar-refractivity contribution in [2.24, 2.45) is 5.92 Å². The highest BCUT2D eigenvalue weighted by molar-refractivity contribution is 14.1. The fourth-order valence-corrected chi connectivity index (χ4v) is 2.29. The quantitative estimate of drug-likeness (QED) is 0.858. The summed E-state index contributed by atoms with van der Waals surface area (Å²) >= 11 is 2.29. The molecule has 1 unspecified atom stereocenters. The Hall–Kier alpha value is -0.780. The lowest BCUT2D eigenvalue weighted by Crippen LogP contribution is -2.13. The zero-order valence-corrected chi connectivity index (χ0v) is 11.9. The average molecular weight is 329 g/mol. The van der Waals surface area contributed by atoms with Gasteiger partial charge in [-0.15, -0.1) is 0 Å². The van der Waals surface area contributed by atoms with Crippen molar-refractivity contribution in [3.63, 3.8) is 0 Å². The van der Waals surface area contributed by atoms with E-state index < -0.39 is 0 Å². The SMILES string of the molecule is CC(C)C(C)n1c(N)nc2cc(I)ccc21. The number of rotatable bonds is 2. The molecule has 2 rings (SSSR count). The largest absolute Gasteiger partial charge is 0.369 e. The third kappa shape index (κ3) is 1.90. The smallest absolute Gasteiger partial charge is 0.201 e. The van der Waals surface area contributed by atoms with Gasteiger partial charge in [-0.2, -0.15) is 0 Å². The van der Waals surface area contributed by atoms with E-state index in [2.05, 4.69) is 71.1 Å². The summed E-state index contributed by atoms with van der Waals surface area (Å²) in [5.74, 6) is 1.15. The van der Waals surface area contributed by atoms with Crippen molar-refractivity contribution < 1.29 is 0 Å². The summed E-state index contributed by atoms with van der Waals surface area (Å²) in [6.07, 6.45) is 0. The first-order valence-corrected chi connectivity index (χ1v) is 6.51. The molecule has 2 N–H and O–H groups in total. The molecule has 0 saturated carbocycles. The van der Waals surface area contributed by atoms with E-state index in [1.54, 1.807) is 0 Å². The number of fused-ring (bicyclic) bond motifs is 1.